The van der Waals surface area contributed by atoms with Crippen molar-refractivity contribution in [1.82, 2.24) is 9.55 Å². The van der Waals surface area contributed by atoms with Gasteiger partial charge in [-0.25, -0.2) is 4.98 Å². The normalized spacial score (nSPS) is 16.2. The lowest BCUT2D eigenvalue weighted by Gasteiger charge is -2.42. The van der Waals surface area contributed by atoms with Crippen LogP contribution in [0.1, 0.15) is 69.4 Å². The molecule has 1 fully saturated rings. The van der Waals surface area contributed by atoms with E-state index in [1.807, 2.05) is 28.8 Å². The molecule has 1 saturated carbocycles. The molecule has 4 nitrogen and oxygen atoms in total. The molecule has 2 aliphatic rings. The van der Waals surface area contributed by atoms with Crippen LogP contribution in [0.4, 0.5) is 0 Å². The van der Waals surface area contributed by atoms with Crippen molar-refractivity contribution in [1.29, 1.82) is 0 Å². The van der Waals surface area contributed by atoms with Gasteiger partial charge in [-0.3, -0.25) is 9.36 Å². The molecule has 1 spiro atoms. The van der Waals surface area contributed by atoms with Crippen molar-refractivity contribution in [3.8, 4) is 22.7 Å². The molecular formula is C29H34N2O2S. The zero-order chi connectivity index (χ0) is 23.5. The summed E-state index contributed by atoms with van der Waals surface area (Å²) in [7, 11) is 1.67. The van der Waals surface area contributed by atoms with E-state index in [-0.39, 0.29) is 11.0 Å². The first-order valence-corrected chi connectivity index (χ1v) is 13.7. The molecule has 34 heavy (non-hydrogen) atoms. The molecule has 0 atom stereocenters. The Morgan fingerprint density at radius 3 is 2.53 bits per heavy atom. The maximum Gasteiger partial charge on any atom is 0.263 e. The van der Waals surface area contributed by atoms with Crippen molar-refractivity contribution < 1.29 is 4.74 Å². The monoisotopic (exact) mass is 474 g/mol. The molecule has 0 saturated heterocycles. The van der Waals surface area contributed by atoms with E-state index in [0.717, 1.165) is 64.9 Å². The number of fused-ring (bicyclic) bond motifs is 4. The van der Waals surface area contributed by atoms with Crippen molar-refractivity contribution in [3.63, 3.8) is 0 Å². The van der Waals surface area contributed by atoms with E-state index in [4.69, 9.17) is 9.72 Å². The number of methoxy groups -OCH3 is 1. The lowest BCUT2D eigenvalue weighted by atomic mass is 9.62. The number of aromatic nitrogens is 2. The number of nitrogens with zero attached hydrogens (tertiary/aromatic N) is 2. The first kappa shape index (κ1) is 23.2. The van der Waals surface area contributed by atoms with Crippen LogP contribution in [0.15, 0.2) is 58.5 Å². The van der Waals surface area contributed by atoms with Gasteiger partial charge in [-0.15, -0.1) is 0 Å². The van der Waals surface area contributed by atoms with Gasteiger partial charge in [0.15, 0.2) is 5.16 Å². The summed E-state index contributed by atoms with van der Waals surface area (Å²) < 4.78 is 7.24. The lowest BCUT2D eigenvalue weighted by molar-refractivity contribution is 0.283. The van der Waals surface area contributed by atoms with Gasteiger partial charge in [-0.05, 0) is 55.5 Å². The minimum Gasteiger partial charge on any atom is -0.497 e. The van der Waals surface area contributed by atoms with Crippen molar-refractivity contribution in [2.24, 2.45) is 0 Å². The van der Waals surface area contributed by atoms with Crippen LogP contribution in [0.3, 0.4) is 0 Å². The summed E-state index contributed by atoms with van der Waals surface area (Å²) in [6, 6.07) is 16.4. The Morgan fingerprint density at radius 1 is 1.03 bits per heavy atom. The molecule has 1 heterocycles. The summed E-state index contributed by atoms with van der Waals surface area (Å²) in [5.41, 5.74) is 5.23. The molecule has 0 unspecified atom stereocenters. The fourth-order valence-electron chi connectivity index (χ4n) is 5.76. The topological polar surface area (TPSA) is 44.1 Å². The molecule has 2 aliphatic carbocycles. The van der Waals surface area contributed by atoms with Crippen LogP contribution in [0.5, 0.6) is 5.75 Å². The molecule has 0 amide bonds. The van der Waals surface area contributed by atoms with E-state index in [0.29, 0.717) is 0 Å². The maximum atomic E-state index is 14.4. The number of unbranched alkanes of at least 4 members (excludes halogenated alkanes) is 2. The SMILES string of the molecule is CCCCCSc1nc2c(c(=O)n1-c1ccc(OC)cc1)C1(CCCCC1)Cc1ccccc1-2. The Kier molecular flexibility index (Phi) is 6.82. The minimum atomic E-state index is -0.106. The summed E-state index contributed by atoms with van der Waals surface area (Å²) >= 11 is 1.71. The van der Waals surface area contributed by atoms with Gasteiger partial charge in [0, 0.05) is 16.7 Å². The Labute approximate surface area is 206 Å². The third kappa shape index (κ3) is 4.19. The van der Waals surface area contributed by atoms with E-state index in [2.05, 4.69) is 31.2 Å². The number of benzene rings is 2. The maximum absolute atomic E-state index is 14.4. The van der Waals surface area contributed by atoms with Crippen molar-refractivity contribution >= 4 is 11.8 Å². The van der Waals surface area contributed by atoms with E-state index in [9.17, 15) is 4.79 Å². The third-order valence-corrected chi connectivity index (χ3v) is 8.53. The highest BCUT2D eigenvalue weighted by molar-refractivity contribution is 7.99. The van der Waals surface area contributed by atoms with E-state index in [1.165, 1.54) is 37.7 Å². The highest BCUT2D eigenvalue weighted by Gasteiger charge is 2.43. The Morgan fingerprint density at radius 2 is 1.79 bits per heavy atom. The van der Waals surface area contributed by atoms with Crippen LogP contribution in [-0.4, -0.2) is 22.4 Å². The largest absolute Gasteiger partial charge is 0.497 e. The van der Waals surface area contributed by atoms with Crippen LogP contribution in [0.2, 0.25) is 0 Å². The zero-order valence-electron chi connectivity index (χ0n) is 20.3. The molecule has 0 radical (unpaired) electrons. The van der Waals surface area contributed by atoms with Gasteiger partial charge >= 0.3 is 0 Å². The van der Waals surface area contributed by atoms with E-state index in [1.54, 1.807) is 18.9 Å². The van der Waals surface area contributed by atoms with Crippen LogP contribution >= 0.6 is 11.8 Å². The van der Waals surface area contributed by atoms with Gasteiger partial charge in [0.25, 0.3) is 5.56 Å². The van der Waals surface area contributed by atoms with Gasteiger partial charge in [0.2, 0.25) is 0 Å². The van der Waals surface area contributed by atoms with Crippen molar-refractivity contribution in [2.75, 3.05) is 12.9 Å². The van der Waals surface area contributed by atoms with Gasteiger partial charge in [-0.2, -0.15) is 0 Å². The second-order valence-corrected chi connectivity index (χ2v) is 10.7. The standard InChI is InChI=1S/C29H34N2O2S/c1-3-4-10-19-34-28-30-26-24-12-7-6-11-21(24)20-29(17-8-5-9-18-29)25(26)27(32)31(28)22-13-15-23(33-2)16-14-22/h6-7,11-16H,3-5,8-10,17-20H2,1-2H3. The average Bonchev–Trinajstić information content (AvgIpc) is 2.87. The van der Waals surface area contributed by atoms with E-state index >= 15 is 0 Å². The van der Waals surface area contributed by atoms with E-state index < -0.39 is 0 Å². The zero-order valence-corrected chi connectivity index (χ0v) is 21.1. The predicted octanol–water partition coefficient (Wildman–Crippen LogP) is 6.95. The number of hydrogen-bond acceptors (Lipinski definition) is 4. The van der Waals surface area contributed by atoms with Crippen LogP contribution in [-0.2, 0) is 11.8 Å². The Hall–Kier alpha value is -2.53. The fraction of sp³-hybridized carbons (Fsp3) is 0.448. The van der Waals surface area contributed by atoms with Crippen LogP contribution in [0, 0.1) is 0 Å². The Bertz CT molecular complexity index is 1210. The molecule has 0 aliphatic heterocycles. The lowest BCUT2D eigenvalue weighted by Crippen LogP contribution is -2.42. The summed E-state index contributed by atoms with van der Waals surface area (Å²) in [5.74, 6) is 1.75. The summed E-state index contributed by atoms with van der Waals surface area (Å²) in [5, 5.41) is 0.799. The number of thioether (sulfide) groups is 1. The molecule has 5 rings (SSSR count). The van der Waals surface area contributed by atoms with Gasteiger partial charge < -0.3 is 4.74 Å². The Balaban J connectivity index is 1.72. The third-order valence-electron chi connectivity index (χ3n) is 7.50. The molecule has 0 bridgehead atoms. The predicted molar refractivity (Wildman–Crippen MR) is 141 cm³/mol. The van der Waals surface area contributed by atoms with Gasteiger partial charge in [0.1, 0.15) is 5.75 Å². The quantitative estimate of drug-likeness (QED) is 0.211. The molecule has 0 N–H and O–H groups in total. The minimum absolute atomic E-state index is 0.106. The molecule has 2 aromatic carbocycles. The van der Waals surface area contributed by atoms with Crippen molar-refractivity contribution in [3.05, 3.63) is 70.0 Å². The molecule has 5 heteroatoms. The first-order valence-electron chi connectivity index (χ1n) is 12.7. The van der Waals surface area contributed by atoms with Crippen LogP contribution < -0.4 is 10.3 Å². The summed E-state index contributed by atoms with van der Waals surface area (Å²) in [6.07, 6.45) is 10.2. The highest BCUT2D eigenvalue weighted by Crippen LogP contribution is 2.49. The number of ether oxygens (including phenoxy) is 1. The van der Waals surface area contributed by atoms with Crippen molar-refractivity contribution in [2.45, 2.75) is 75.3 Å². The van der Waals surface area contributed by atoms with Gasteiger partial charge in [0.05, 0.1) is 24.1 Å². The second-order valence-electron chi connectivity index (χ2n) is 9.69. The average molecular weight is 475 g/mol. The van der Waals surface area contributed by atoms with Gasteiger partial charge in [-0.1, -0.05) is 75.1 Å². The summed E-state index contributed by atoms with van der Waals surface area (Å²) in [4.78, 5) is 19.7. The smallest absolute Gasteiger partial charge is 0.263 e. The number of rotatable bonds is 7. The molecular weight excluding hydrogens is 440 g/mol. The summed E-state index contributed by atoms with van der Waals surface area (Å²) in [6.45, 7) is 2.22. The molecule has 3 aromatic rings. The first-order chi connectivity index (χ1) is 16.7. The molecule has 1 aromatic heterocycles. The second kappa shape index (κ2) is 9.99. The highest BCUT2D eigenvalue weighted by atomic mass is 32.2. The van der Waals surface area contributed by atoms with Crippen LogP contribution in [0.25, 0.3) is 16.9 Å². The molecule has 178 valence electrons. The fourth-order valence-corrected chi connectivity index (χ4v) is 6.76. The number of hydrogen-bond donors (Lipinski definition) is 0.